The highest BCUT2D eigenvalue weighted by Crippen LogP contribution is 2.26. The molecule has 0 aromatic heterocycles. The van der Waals surface area contributed by atoms with E-state index in [1.807, 2.05) is 12.1 Å². The molecule has 0 saturated carbocycles. The first-order valence-corrected chi connectivity index (χ1v) is 13.4. The molecule has 1 saturated heterocycles. The molecule has 0 N–H and O–H groups in total. The molecule has 1 aromatic carbocycles. The summed E-state index contributed by atoms with van der Waals surface area (Å²) in [7, 11) is 0. The van der Waals surface area contributed by atoms with E-state index in [0.717, 1.165) is 44.2 Å². The van der Waals surface area contributed by atoms with E-state index in [1.165, 1.54) is 54.3 Å². The van der Waals surface area contributed by atoms with Gasteiger partial charge in [-0.3, -0.25) is 19.3 Å². The zero-order valence-electron chi connectivity index (χ0n) is 19.9. The average Bonchev–Trinajstić information content (AvgIpc) is 3.07. The van der Waals surface area contributed by atoms with Gasteiger partial charge < -0.3 is 4.90 Å². The number of rotatable bonds is 17. The van der Waals surface area contributed by atoms with Crippen molar-refractivity contribution in [3.05, 3.63) is 29.8 Å². The van der Waals surface area contributed by atoms with Gasteiger partial charge in [-0.15, -0.1) is 11.8 Å². The van der Waals surface area contributed by atoms with Crippen LogP contribution in [-0.4, -0.2) is 47.2 Å². The summed E-state index contributed by atoms with van der Waals surface area (Å²) in [6.45, 7) is 5.46. The number of carbonyl (C=O) groups is 3. The SMILES string of the molecule is CCCCCCCCCN1C(=O)CC(SCCN(C=O)c2ccc(CCCC)cc2)C1=O. The molecule has 3 amide bonds. The average molecular weight is 461 g/mol. The van der Waals surface area contributed by atoms with E-state index in [0.29, 0.717) is 18.8 Å². The minimum Gasteiger partial charge on any atom is -0.314 e. The fourth-order valence-electron chi connectivity index (χ4n) is 4.02. The molecule has 1 aliphatic heterocycles. The molecule has 178 valence electrons. The van der Waals surface area contributed by atoms with Gasteiger partial charge in [0.15, 0.2) is 0 Å². The van der Waals surface area contributed by atoms with Crippen molar-refractivity contribution in [1.82, 2.24) is 4.90 Å². The van der Waals surface area contributed by atoms with Crippen molar-refractivity contribution >= 4 is 35.7 Å². The zero-order valence-corrected chi connectivity index (χ0v) is 20.7. The van der Waals surface area contributed by atoms with E-state index in [9.17, 15) is 14.4 Å². The molecule has 0 bridgehead atoms. The third-order valence-corrected chi connectivity index (χ3v) is 7.24. The van der Waals surface area contributed by atoms with Crippen LogP contribution in [0.1, 0.15) is 83.6 Å². The van der Waals surface area contributed by atoms with Crippen molar-refractivity contribution in [2.75, 3.05) is 23.7 Å². The largest absolute Gasteiger partial charge is 0.314 e. The third-order valence-electron chi connectivity index (χ3n) is 6.05. The highest BCUT2D eigenvalue weighted by atomic mass is 32.2. The molecule has 5 nitrogen and oxygen atoms in total. The number of hydrogen-bond acceptors (Lipinski definition) is 4. The number of anilines is 1. The van der Waals surface area contributed by atoms with Crippen LogP contribution in [0.4, 0.5) is 5.69 Å². The van der Waals surface area contributed by atoms with E-state index < -0.39 is 0 Å². The lowest BCUT2D eigenvalue weighted by Crippen LogP contribution is -2.32. The van der Waals surface area contributed by atoms with Crippen molar-refractivity contribution in [1.29, 1.82) is 0 Å². The van der Waals surface area contributed by atoms with Gasteiger partial charge in [0.2, 0.25) is 18.2 Å². The molecule has 0 aliphatic carbocycles. The Morgan fingerprint density at radius 2 is 1.62 bits per heavy atom. The number of unbranched alkanes of at least 4 members (excludes halogenated alkanes) is 7. The van der Waals surface area contributed by atoms with E-state index >= 15 is 0 Å². The normalized spacial score (nSPS) is 16.1. The lowest BCUT2D eigenvalue weighted by Gasteiger charge is -2.19. The number of likely N-dealkylation sites (tertiary alicyclic amines) is 1. The van der Waals surface area contributed by atoms with Crippen molar-refractivity contribution < 1.29 is 14.4 Å². The van der Waals surface area contributed by atoms with Crippen LogP contribution in [0.5, 0.6) is 0 Å². The predicted octanol–water partition coefficient (Wildman–Crippen LogP) is 5.60. The summed E-state index contributed by atoms with van der Waals surface area (Å²) in [4.78, 5) is 39.7. The van der Waals surface area contributed by atoms with Gasteiger partial charge in [0.1, 0.15) is 0 Å². The minimum absolute atomic E-state index is 0.0478. The first kappa shape index (κ1) is 26.4. The number of imide groups is 1. The van der Waals surface area contributed by atoms with Crippen LogP contribution in [0.2, 0.25) is 0 Å². The first-order valence-electron chi connectivity index (χ1n) is 12.4. The molecule has 0 spiro atoms. The third kappa shape index (κ3) is 8.61. The van der Waals surface area contributed by atoms with Gasteiger partial charge in [-0.25, -0.2) is 0 Å². The Hall–Kier alpha value is -1.82. The molecule has 1 unspecified atom stereocenters. The number of nitrogens with zero attached hydrogens (tertiary/aromatic N) is 2. The van der Waals surface area contributed by atoms with Gasteiger partial charge in [-0.1, -0.05) is 70.9 Å². The fraction of sp³-hybridized carbons (Fsp3) is 0.654. The van der Waals surface area contributed by atoms with E-state index in [-0.39, 0.29) is 23.5 Å². The fourth-order valence-corrected chi connectivity index (χ4v) is 5.13. The molecule has 1 aromatic rings. The topological polar surface area (TPSA) is 57.7 Å². The highest BCUT2D eigenvalue weighted by molar-refractivity contribution is 8.00. The Kier molecular flexibility index (Phi) is 12.5. The van der Waals surface area contributed by atoms with Crippen molar-refractivity contribution in [2.24, 2.45) is 0 Å². The molecule has 2 rings (SSSR count). The van der Waals surface area contributed by atoms with Crippen LogP contribution in [0.25, 0.3) is 0 Å². The maximum absolute atomic E-state index is 12.7. The second-order valence-electron chi connectivity index (χ2n) is 8.64. The van der Waals surface area contributed by atoms with Gasteiger partial charge in [0.25, 0.3) is 0 Å². The van der Waals surface area contributed by atoms with E-state index in [4.69, 9.17) is 0 Å². The number of thioether (sulfide) groups is 1. The summed E-state index contributed by atoms with van der Waals surface area (Å²) in [5, 5.41) is -0.308. The van der Waals surface area contributed by atoms with Crippen molar-refractivity contribution in [3.8, 4) is 0 Å². The van der Waals surface area contributed by atoms with Crippen LogP contribution in [0.3, 0.4) is 0 Å². The van der Waals surface area contributed by atoms with Crippen LogP contribution >= 0.6 is 11.8 Å². The van der Waals surface area contributed by atoms with Crippen LogP contribution in [-0.2, 0) is 20.8 Å². The molecular formula is C26H40N2O3S. The number of benzene rings is 1. The lowest BCUT2D eigenvalue weighted by molar-refractivity contribution is -0.138. The number of hydrogen-bond donors (Lipinski definition) is 0. The maximum atomic E-state index is 12.7. The van der Waals surface area contributed by atoms with E-state index in [1.54, 1.807) is 4.90 Å². The summed E-state index contributed by atoms with van der Waals surface area (Å²) in [5.41, 5.74) is 2.15. The Bertz CT molecular complexity index is 708. The van der Waals surface area contributed by atoms with Crippen LogP contribution in [0.15, 0.2) is 24.3 Å². The maximum Gasteiger partial charge on any atom is 0.242 e. The Balaban J connectivity index is 1.71. The lowest BCUT2D eigenvalue weighted by atomic mass is 10.1. The summed E-state index contributed by atoms with van der Waals surface area (Å²) in [6, 6.07) is 8.13. The van der Waals surface area contributed by atoms with Crippen LogP contribution < -0.4 is 4.90 Å². The molecule has 1 aliphatic rings. The van der Waals surface area contributed by atoms with Gasteiger partial charge in [0.05, 0.1) is 5.25 Å². The number of amides is 3. The quantitative estimate of drug-likeness (QED) is 0.172. The summed E-state index contributed by atoms with van der Waals surface area (Å²) in [6.07, 6.45) is 12.7. The van der Waals surface area contributed by atoms with Crippen LogP contribution in [0, 0.1) is 0 Å². The minimum atomic E-state index is -0.308. The standard InChI is InChI=1S/C26H40N2O3S/c1-3-5-7-8-9-10-11-17-28-25(30)20-24(26(28)31)32-19-18-27(21-29)23-15-13-22(14-16-23)12-6-4-2/h13-16,21,24H,3-12,17-20H2,1-2H3. The Morgan fingerprint density at radius 3 is 2.28 bits per heavy atom. The van der Waals surface area contributed by atoms with Gasteiger partial charge in [-0.2, -0.15) is 0 Å². The molecule has 32 heavy (non-hydrogen) atoms. The number of aryl methyl sites for hydroxylation is 1. The Labute approximate surface area is 198 Å². The summed E-state index contributed by atoms with van der Waals surface area (Å²) < 4.78 is 0. The molecule has 1 heterocycles. The second kappa shape index (κ2) is 15.1. The van der Waals surface area contributed by atoms with E-state index in [2.05, 4.69) is 26.0 Å². The predicted molar refractivity (Wildman–Crippen MR) is 134 cm³/mol. The highest BCUT2D eigenvalue weighted by Gasteiger charge is 2.38. The molecule has 6 heteroatoms. The van der Waals surface area contributed by atoms with Gasteiger partial charge in [0, 0.05) is 31.0 Å². The van der Waals surface area contributed by atoms with Gasteiger partial charge >= 0.3 is 0 Å². The molecular weight excluding hydrogens is 420 g/mol. The molecule has 1 atom stereocenters. The zero-order chi connectivity index (χ0) is 23.2. The monoisotopic (exact) mass is 460 g/mol. The number of carbonyl (C=O) groups excluding carboxylic acids is 3. The summed E-state index contributed by atoms with van der Waals surface area (Å²) in [5.74, 6) is 0.531. The first-order chi connectivity index (χ1) is 15.6. The van der Waals surface area contributed by atoms with Crippen molar-refractivity contribution in [3.63, 3.8) is 0 Å². The van der Waals surface area contributed by atoms with Crippen molar-refractivity contribution in [2.45, 2.75) is 89.7 Å². The summed E-state index contributed by atoms with van der Waals surface area (Å²) >= 11 is 1.49. The molecule has 0 radical (unpaired) electrons. The Morgan fingerprint density at radius 1 is 0.969 bits per heavy atom. The molecule has 1 fully saturated rings. The second-order valence-corrected chi connectivity index (χ2v) is 9.95. The smallest absolute Gasteiger partial charge is 0.242 e. The van der Waals surface area contributed by atoms with Gasteiger partial charge in [-0.05, 0) is 37.0 Å².